The lowest BCUT2D eigenvalue weighted by Crippen LogP contribution is -2.29. The van der Waals surface area contributed by atoms with Crippen molar-refractivity contribution in [2.75, 3.05) is 18.5 Å². The van der Waals surface area contributed by atoms with Gasteiger partial charge in [0.15, 0.2) is 0 Å². The van der Waals surface area contributed by atoms with Crippen LogP contribution in [-0.4, -0.2) is 24.7 Å². The molecule has 18 heavy (non-hydrogen) atoms. The molecule has 0 aliphatic heterocycles. The molecule has 0 amide bonds. The maximum Gasteiger partial charge on any atom is 0.328 e. The second kappa shape index (κ2) is 5.71. The lowest BCUT2D eigenvalue weighted by molar-refractivity contribution is -0.131. The van der Waals surface area contributed by atoms with Gasteiger partial charge in [0, 0.05) is 25.4 Å². The Morgan fingerprint density at radius 3 is 2.56 bits per heavy atom. The van der Waals surface area contributed by atoms with Crippen LogP contribution in [0.2, 0.25) is 0 Å². The summed E-state index contributed by atoms with van der Waals surface area (Å²) in [4.78, 5) is 12.7. The quantitative estimate of drug-likeness (QED) is 0.811. The highest BCUT2D eigenvalue weighted by Crippen LogP contribution is 2.28. The Hall–Kier alpha value is -1.77. The number of benzene rings is 1. The molecular formula is C15H19NO2. The standard InChI is InChI=1S/C15H19NO2/c1-16(11-13-3-2-4-13)14-8-5-12(6-9-14)7-10-15(17)18/h5-10,13H,2-4,11H2,1H3,(H,17,18). The second-order valence-corrected chi connectivity index (χ2v) is 4.94. The van der Waals surface area contributed by atoms with Crippen molar-refractivity contribution in [1.82, 2.24) is 0 Å². The van der Waals surface area contributed by atoms with Crippen LogP contribution < -0.4 is 4.90 Å². The average molecular weight is 245 g/mol. The number of carboxylic acids is 1. The van der Waals surface area contributed by atoms with E-state index in [4.69, 9.17) is 5.11 Å². The summed E-state index contributed by atoms with van der Waals surface area (Å²) in [6.45, 7) is 1.12. The molecule has 3 heteroatoms. The molecule has 1 saturated carbocycles. The molecule has 0 spiro atoms. The smallest absolute Gasteiger partial charge is 0.328 e. The summed E-state index contributed by atoms with van der Waals surface area (Å²) in [5, 5.41) is 8.56. The van der Waals surface area contributed by atoms with Gasteiger partial charge < -0.3 is 10.0 Å². The molecule has 1 aromatic rings. The first-order valence-electron chi connectivity index (χ1n) is 6.37. The zero-order chi connectivity index (χ0) is 13.0. The van der Waals surface area contributed by atoms with E-state index < -0.39 is 5.97 Å². The van der Waals surface area contributed by atoms with Crippen LogP contribution in [0.15, 0.2) is 30.3 Å². The third kappa shape index (κ3) is 3.36. The van der Waals surface area contributed by atoms with E-state index in [0.29, 0.717) is 0 Å². The van der Waals surface area contributed by atoms with Crippen molar-refractivity contribution in [3.8, 4) is 0 Å². The topological polar surface area (TPSA) is 40.5 Å². The molecule has 0 bridgehead atoms. The van der Waals surface area contributed by atoms with Crippen molar-refractivity contribution in [2.24, 2.45) is 5.92 Å². The summed E-state index contributed by atoms with van der Waals surface area (Å²) in [6.07, 6.45) is 6.84. The number of anilines is 1. The van der Waals surface area contributed by atoms with Gasteiger partial charge >= 0.3 is 5.97 Å². The number of rotatable bonds is 5. The number of nitrogens with zero attached hydrogens (tertiary/aromatic N) is 1. The van der Waals surface area contributed by atoms with E-state index in [9.17, 15) is 4.79 Å². The number of aliphatic carboxylic acids is 1. The molecule has 1 aromatic carbocycles. The first-order valence-corrected chi connectivity index (χ1v) is 6.37. The fourth-order valence-corrected chi connectivity index (χ4v) is 2.18. The van der Waals surface area contributed by atoms with Crippen LogP contribution in [0.5, 0.6) is 0 Å². The van der Waals surface area contributed by atoms with Gasteiger partial charge in [-0.2, -0.15) is 0 Å². The normalized spacial score (nSPS) is 15.6. The van der Waals surface area contributed by atoms with Gasteiger partial charge in [-0.05, 0) is 42.5 Å². The summed E-state index contributed by atoms with van der Waals surface area (Å²) >= 11 is 0. The molecule has 1 aliphatic carbocycles. The molecule has 0 radical (unpaired) electrons. The van der Waals surface area contributed by atoms with Crippen molar-refractivity contribution in [3.05, 3.63) is 35.9 Å². The second-order valence-electron chi connectivity index (χ2n) is 4.94. The van der Waals surface area contributed by atoms with Crippen molar-refractivity contribution >= 4 is 17.7 Å². The fraction of sp³-hybridized carbons (Fsp3) is 0.400. The zero-order valence-corrected chi connectivity index (χ0v) is 10.7. The van der Waals surface area contributed by atoms with E-state index in [-0.39, 0.29) is 0 Å². The summed E-state index contributed by atoms with van der Waals surface area (Å²) < 4.78 is 0. The predicted molar refractivity (Wildman–Crippen MR) is 73.7 cm³/mol. The summed E-state index contributed by atoms with van der Waals surface area (Å²) in [5.74, 6) is -0.0669. The molecule has 1 aliphatic rings. The van der Waals surface area contributed by atoms with E-state index >= 15 is 0 Å². The summed E-state index contributed by atoms with van der Waals surface area (Å²) in [5.41, 5.74) is 2.10. The fourth-order valence-electron chi connectivity index (χ4n) is 2.18. The van der Waals surface area contributed by atoms with Gasteiger partial charge in [0.25, 0.3) is 0 Å². The highest BCUT2D eigenvalue weighted by Gasteiger charge is 2.18. The Bertz CT molecular complexity index is 432. The van der Waals surface area contributed by atoms with Gasteiger partial charge in [-0.1, -0.05) is 18.6 Å². The highest BCUT2D eigenvalue weighted by atomic mass is 16.4. The lowest BCUT2D eigenvalue weighted by Gasteiger charge is -2.31. The third-order valence-corrected chi connectivity index (χ3v) is 3.51. The van der Waals surface area contributed by atoms with Gasteiger partial charge in [-0.15, -0.1) is 0 Å². The van der Waals surface area contributed by atoms with E-state index in [1.165, 1.54) is 24.9 Å². The SMILES string of the molecule is CN(CC1CCC1)c1ccc(C=CC(=O)O)cc1. The molecule has 0 aromatic heterocycles. The molecule has 0 unspecified atom stereocenters. The molecule has 1 N–H and O–H groups in total. The van der Waals surface area contributed by atoms with Crippen LogP contribution in [0.3, 0.4) is 0 Å². The van der Waals surface area contributed by atoms with Crippen molar-refractivity contribution in [2.45, 2.75) is 19.3 Å². The molecule has 96 valence electrons. The minimum absolute atomic E-state index is 0.849. The van der Waals surface area contributed by atoms with Crippen molar-refractivity contribution in [3.63, 3.8) is 0 Å². The molecule has 1 fully saturated rings. The molecule has 3 nitrogen and oxygen atoms in total. The lowest BCUT2D eigenvalue weighted by atomic mass is 9.85. The number of carbonyl (C=O) groups is 1. The Morgan fingerprint density at radius 1 is 1.39 bits per heavy atom. The highest BCUT2D eigenvalue weighted by molar-refractivity contribution is 5.85. The number of carboxylic acid groups (broad SMARTS) is 1. The van der Waals surface area contributed by atoms with Crippen molar-refractivity contribution in [1.29, 1.82) is 0 Å². The maximum absolute atomic E-state index is 10.4. The van der Waals surface area contributed by atoms with Gasteiger partial charge in [0.05, 0.1) is 0 Å². The minimum Gasteiger partial charge on any atom is -0.478 e. The van der Waals surface area contributed by atoms with Crippen LogP contribution in [0.1, 0.15) is 24.8 Å². The summed E-state index contributed by atoms with van der Waals surface area (Å²) in [7, 11) is 2.11. The Morgan fingerprint density at radius 2 is 2.06 bits per heavy atom. The van der Waals surface area contributed by atoms with E-state index in [2.05, 4.69) is 11.9 Å². The zero-order valence-electron chi connectivity index (χ0n) is 10.7. The molecule has 2 rings (SSSR count). The maximum atomic E-state index is 10.4. The van der Waals surface area contributed by atoms with Crippen LogP contribution in [0.4, 0.5) is 5.69 Å². The first kappa shape index (κ1) is 12.7. The average Bonchev–Trinajstić information content (AvgIpc) is 2.31. The van der Waals surface area contributed by atoms with Crippen LogP contribution in [0.25, 0.3) is 6.08 Å². The van der Waals surface area contributed by atoms with Crippen molar-refractivity contribution < 1.29 is 9.90 Å². The predicted octanol–water partition coefficient (Wildman–Crippen LogP) is 3.02. The van der Waals surface area contributed by atoms with Gasteiger partial charge in [-0.25, -0.2) is 4.79 Å². The molecule has 0 heterocycles. The van der Waals surface area contributed by atoms with Crippen LogP contribution in [-0.2, 0) is 4.79 Å². The van der Waals surface area contributed by atoms with Gasteiger partial charge in [0.1, 0.15) is 0 Å². The molecular weight excluding hydrogens is 226 g/mol. The molecule has 0 atom stereocenters. The van der Waals surface area contributed by atoms with Crippen LogP contribution >= 0.6 is 0 Å². The largest absolute Gasteiger partial charge is 0.478 e. The molecule has 0 saturated heterocycles. The Kier molecular flexibility index (Phi) is 4.03. The van der Waals surface area contributed by atoms with Gasteiger partial charge in [-0.3, -0.25) is 0 Å². The number of hydrogen-bond acceptors (Lipinski definition) is 2. The Labute approximate surface area is 108 Å². The van der Waals surface area contributed by atoms with Gasteiger partial charge in [0.2, 0.25) is 0 Å². The minimum atomic E-state index is -0.916. The van der Waals surface area contributed by atoms with Crippen LogP contribution in [0, 0.1) is 5.92 Å². The van der Waals surface area contributed by atoms with E-state index in [0.717, 1.165) is 24.1 Å². The van der Waals surface area contributed by atoms with E-state index in [1.54, 1.807) is 6.08 Å². The third-order valence-electron chi connectivity index (χ3n) is 3.51. The first-order chi connectivity index (χ1) is 8.65. The van der Waals surface area contributed by atoms with E-state index in [1.807, 2.05) is 24.3 Å². The summed E-state index contributed by atoms with van der Waals surface area (Å²) in [6, 6.07) is 7.98. The monoisotopic (exact) mass is 245 g/mol. The number of hydrogen-bond donors (Lipinski definition) is 1. The Balaban J connectivity index is 1.95.